The molecule has 2 atom stereocenters. The van der Waals surface area contributed by atoms with Gasteiger partial charge in [-0.25, -0.2) is 0 Å². The lowest BCUT2D eigenvalue weighted by Gasteiger charge is -2.13. The van der Waals surface area contributed by atoms with Crippen LogP contribution in [0.4, 0.5) is 5.69 Å². The molecule has 0 spiro atoms. The Kier molecular flexibility index (Phi) is 4.92. The first-order chi connectivity index (χ1) is 11.3. The van der Waals surface area contributed by atoms with E-state index in [1.165, 1.54) is 11.3 Å². The number of halogens is 3. The van der Waals surface area contributed by atoms with E-state index in [-0.39, 0.29) is 17.7 Å². The number of H-pyrrole nitrogens is 1. The van der Waals surface area contributed by atoms with Crippen LogP contribution >= 0.6 is 50.5 Å². The number of aromatic amines is 1. The summed E-state index contributed by atoms with van der Waals surface area (Å²) in [5, 5.41) is 7.91. The Labute approximate surface area is 160 Å². The minimum Gasteiger partial charge on any atom is -0.344 e. The van der Waals surface area contributed by atoms with Crippen molar-refractivity contribution < 1.29 is 14.3 Å². The van der Waals surface area contributed by atoms with E-state index >= 15 is 0 Å². The summed E-state index contributed by atoms with van der Waals surface area (Å²) in [7, 11) is 3.47. The highest BCUT2D eigenvalue weighted by Gasteiger charge is 2.49. The van der Waals surface area contributed by atoms with Gasteiger partial charge < -0.3 is 10.2 Å². The van der Waals surface area contributed by atoms with Gasteiger partial charge in [-0.3, -0.25) is 9.59 Å². The van der Waals surface area contributed by atoms with E-state index in [2.05, 4.69) is 26.3 Å². The molecule has 24 heavy (non-hydrogen) atoms. The molecule has 3 rings (SSSR count). The Hall–Kier alpha value is -1.09. The summed E-state index contributed by atoms with van der Waals surface area (Å²) < 4.78 is 2.86. The van der Waals surface area contributed by atoms with Crippen molar-refractivity contribution >= 4 is 68.0 Å². The van der Waals surface area contributed by atoms with Crippen molar-refractivity contribution in [1.29, 1.82) is 0 Å². The van der Waals surface area contributed by atoms with Gasteiger partial charge in [0, 0.05) is 13.6 Å². The molecule has 128 valence electrons. The summed E-state index contributed by atoms with van der Waals surface area (Å²) in [6, 6.07) is 1.71. The first-order valence-electron chi connectivity index (χ1n) is 7.03. The third-order valence-corrected chi connectivity index (χ3v) is 6.54. The highest BCUT2D eigenvalue weighted by Crippen LogP contribution is 2.38. The molecule has 1 fully saturated rings. The van der Waals surface area contributed by atoms with Crippen molar-refractivity contribution in [3.05, 3.63) is 31.1 Å². The number of aromatic nitrogens is 2. The van der Waals surface area contributed by atoms with Crippen molar-refractivity contribution in [2.24, 2.45) is 13.0 Å². The maximum Gasteiger partial charge on any atom is 0.237 e. The van der Waals surface area contributed by atoms with Gasteiger partial charge in [0.1, 0.15) is 14.7 Å². The zero-order valence-electron chi connectivity index (χ0n) is 12.8. The molecule has 0 radical (unpaired) electrons. The van der Waals surface area contributed by atoms with Crippen LogP contribution < -0.4 is 10.00 Å². The van der Waals surface area contributed by atoms with Gasteiger partial charge >= 0.3 is 0 Å². The molecule has 2 N–H and O–H groups in total. The van der Waals surface area contributed by atoms with Crippen LogP contribution in [0.15, 0.2) is 15.9 Å². The molecule has 0 saturated carbocycles. The number of carbonyl (C=O) groups excluding carboxylic acids is 2. The van der Waals surface area contributed by atoms with Gasteiger partial charge in [-0.15, -0.1) is 16.0 Å². The number of rotatable bonds is 3. The summed E-state index contributed by atoms with van der Waals surface area (Å²) in [6.07, 6.45) is 0. The molecule has 2 aromatic heterocycles. The zero-order valence-corrected chi connectivity index (χ0v) is 16.7. The molecule has 1 aliphatic heterocycles. The maximum absolute atomic E-state index is 12.8. The average molecular weight is 453 g/mol. The SMILES string of the molecule is CN1C[C@H](c2c(Br)c(Cl)[nH][n+]2C)[C@@H](C(=O)Nc2ccsc2Cl)C1=O. The smallest absolute Gasteiger partial charge is 0.237 e. The fourth-order valence-corrected chi connectivity index (χ4v) is 4.67. The molecule has 3 heterocycles. The number of nitrogens with one attached hydrogen (secondary N) is 2. The van der Waals surface area contributed by atoms with Crippen molar-refractivity contribution in [3.63, 3.8) is 0 Å². The lowest BCUT2D eigenvalue weighted by atomic mass is 9.91. The standard InChI is InChI=1S/C14H13BrCl2N4O2S/c1-20-5-6(10-9(15)11(16)19-21(10)2)8(14(20)23)13(22)18-7-3-4-24-12(7)17/h3-4,6,8H,5H2,1-2H3,(H,18,22)/p+1/t6-,8-/m0/s1. The highest BCUT2D eigenvalue weighted by atomic mass is 79.9. The van der Waals surface area contributed by atoms with E-state index in [0.29, 0.717) is 26.2 Å². The minimum absolute atomic E-state index is 0.229. The monoisotopic (exact) mass is 451 g/mol. The van der Waals surface area contributed by atoms with Crippen molar-refractivity contribution in [2.75, 3.05) is 18.9 Å². The molecule has 10 heteroatoms. The van der Waals surface area contributed by atoms with Crippen molar-refractivity contribution in [2.45, 2.75) is 5.92 Å². The van der Waals surface area contributed by atoms with Gasteiger partial charge in [0.05, 0.1) is 11.6 Å². The summed E-state index contributed by atoms with van der Waals surface area (Å²) in [4.78, 5) is 26.8. The fraction of sp³-hybridized carbons (Fsp3) is 0.357. The average Bonchev–Trinajstić information content (AvgIpc) is 3.11. The van der Waals surface area contributed by atoms with E-state index in [0.717, 1.165) is 5.69 Å². The van der Waals surface area contributed by atoms with Crippen LogP contribution in [0.25, 0.3) is 0 Å². The molecule has 2 amide bonds. The largest absolute Gasteiger partial charge is 0.344 e. The van der Waals surface area contributed by atoms with E-state index < -0.39 is 5.92 Å². The van der Waals surface area contributed by atoms with Crippen molar-refractivity contribution in [1.82, 2.24) is 10.00 Å². The summed E-state index contributed by atoms with van der Waals surface area (Å²) >= 11 is 16.9. The number of hydrogen-bond donors (Lipinski definition) is 2. The summed E-state index contributed by atoms with van der Waals surface area (Å²) in [6.45, 7) is 0.426. The summed E-state index contributed by atoms with van der Waals surface area (Å²) in [5.41, 5.74) is 1.29. The van der Waals surface area contributed by atoms with E-state index in [9.17, 15) is 9.59 Å². The maximum atomic E-state index is 12.8. The number of hydrogen-bond acceptors (Lipinski definition) is 3. The van der Waals surface area contributed by atoms with Gasteiger partial charge in [-0.05, 0) is 27.4 Å². The van der Waals surface area contributed by atoms with Gasteiger partial charge in [-0.2, -0.15) is 5.10 Å². The Morgan fingerprint density at radius 1 is 1.54 bits per heavy atom. The van der Waals surface area contributed by atoms with Crippen LogP contribution in [0.3, 0.4) is 0 Å². The molecule has 0 aromatic carbocycles. The Morgan fingerprint density at radius 3 is 2.79 bits per heavy atom. The summed E-state index contributed by atoms with van der Waals surface area (Å²) in [5.74, 6) is -1.78. The Morgan fingerprint density at radius 2 is 2.25 bits per heavy atom. The molecular weight excluding hydrogens is 439 g/mol. The van der Waals surface area contributed by atoms with Crippen LogP contribution in [0.5, 0.6) is 0 Å². The van der Waals surface area contributed by atoms with Crippen LogP contribution in [-0.4, -0.2) is 35.4 Å². The number of aryl methyl sites for hydroxylation is 1. The molecule has 1 aliphatic rings. The molecule has 0 aliphatic carbocycles. The van der Waals surface area contributed by atoms with E-state index in [1.807, 2.05) is 0 Å². The third kappa shape index (κ3) is 2.96. The zero-order chi connectivity index (χ0) is 17.6. The second kappa shape index (κ2) is 6.67. The second-order valence-electron chi connectivity index (χ2n) is 5.58. The topological polar surface area (TPSA) is 69.1 Å². The molecule has 6 nitrogen and oxygen atoms in total. The number of anilines is 1. The quantitative estimate of drug-likeness (QED) is 0.555. The second-order valence-corrected chi connectivity index (χ2v) is 8.27. The van der Waals surface area contributed by atoms with Crippen LogP contribution in [0.1, 0.15) is 11.6 Å². The number of likely N-dealkylation sites (tertiary alicyclic amines) is 1. The number of nitrogens with zero attached hydrogens (tertiary/aromatic N) is 2. The molecule has 1 saturated heterocycles. The Balaban J connectivity index is 1.95. The molecule has 2 aromatic rings. The molecule has 0 unspecified atom stereocenters. The van der Waals surface area contributed by atoms with Crippen LogP contribution in [-0.2, 0) is 16.6 Å². The Bertz CT molecular complexity index is 822. The van der Waals surface area contributed by atoms with E-state index in [4.69, 9.17) is 23.2 Å². The predicted octanol–water partition coefficient (Wildman–Crippen LogP) is 2.78. The lowest BCUT2D eigenvalue weighted by Crippen LogP contribution is -2.40. The normalized spacial score (nSPS) is 20.7. The molecule has 0 bridgehead atoms. The number of carbonyl (C=O) groups is 2. The third-order valence-electron chi connectivity index (χ3n) is 4.07. The van der Waals surface area contributed by atoms with Gasteiger partial charge in [0.2, 0.25) is 17.5 Å². The number of amides is 2. The minimum atomic E-state index is -0.847. The molecular formula is C14H14BrCl2N4O2S+. The predicted molar refractivity (Wildman–Crippen MR) is 96.5 cm³/mol. The van der Waals surface area contributed by atoms with E-state index in [1.54, 1.807) is 35.1 Å². The number of likely N-dealkylation sites (N-methyl/N-ethyl adjacent to an activating group) is 1. The van der Waals surface area contributed by atoms with Crippen molar-refractivity contribution in [3.8, 4) is 0 Å². The first-order valence-corrected chi connectivity index (χ1v) is 9.45. The van der Waals surface area contributed by atoms with Crippen LogP contribution in [0, 0.1) is 5.92 Å². The first kappa shape index (κ1) is 17.7. The lowest BCUT2D eigenvalue weighted by molar-refractivity contribution is -0.734. The van der Waals surface area contributed by atoms with Gasteiger partial charge in [0.25, 0.3) is 0 Å². The van der Waals surface area contributed by atoms with Gasteiger partial charge in [0.15, 0.2) is 12.2 Å². The van der Waals surface area contributed by atoms with Gasteiger partial charge in [-0.1, -0.05) is 23.2 Å². The highest BCUT2D eigenvalue weighted by molar-refractivity contribution is 9.10. The number of thiophene rings is 1. The van der Waals surface area contributed by atoms with Crippen LogP contribution in [0.2, 0.25) is 9.49 Å². The fourth-order valence-electron chi connectivity index (χ4n) is 2.96.